The summed E-state index contributed by atoms with van der Waals surface area (Å²) in [5, 5.41) is 2.62. The average molecular weight is 218 g/mol. The smallest absolute Gasteiger partial charge is 0.293 e. The second kappa shape index (κ2) is 4.01. The van der Waals surface area contributed by atoms with Crippen molar-refractivity contribution in [1.29, 1.82) is 0 Å². The largest absolute Gasteiger partial charge is 0.438 e. The zero-order chi connectivity index (χ0) is 11.5. The third-order valence-corrected chi connectivity index (χ3v) is 2.00. The fourth-order valence-corrected chi connectivity index (χ4v) is 1.19. The molecule has 6 heteroatoms. The molecule has 0 spiro atoms. The normalized spacial score (nSPS) is 10.1. The van der Waals surface area contributed by atoms with Gasteiger partial charge in [-0.2, -0.15) is 0 Å². The average Bonchev–Trinajstić information content (AvgIpc) is 2.68. The summed E-state index contributed by atoms with van der Waals surface area (Å²) in [5.74, 6) is 0.229. The van der Waals surface area contributed by atoms with Gasteiger partial charge in [-0.15, -0.1) is 0 Å². The second-order valence-corrected chi connectivity index (χ2v) is 3.19. The summed E-state index contributed by atoms with van der Waals surface area (Å²) in [5.41, 5.74) is 6.52. The SMILES string of the molecule is Cc1ncoc1C(=O)Nc1ccc(N)nc1. The quantitative estimate of drug-likeness (QED) is 0.790. The number of nitrogen functional groups attached to an aromatic ring is 1. The summed E-state index contributed by atoms with van der Waals surface area (Å²) in [6, 6.07) is 3.26. The number of amides is 1. The Bertz CT molecular complexity index is 504. The first-order chi connectivity index (χ1) is 7.66. The molecule has 2 aromatic heterocycles. The van der Waals surface area contributed by atoms with E-state index in [9.17, 15) is 4.79 Å². The second-order valence-electron chi connectivity index (χ2n) is 3.19. The zero-order valence-electron chi connectivity index (χ0n) is 8.60. The van der Waals surface area contributed by atoms with Crippen LogP contribution in [0.1, 0.15) is 16.2 Å². The molecular formula is C10H10N4O2. The molecule has 1 amide bonds. The van der Waals surface area contributed by atoms with E-state index in [1.165, 1.54) is 12.6 Å². The highest BCUT2D eigenvalue weighted by Gasteiger charge is 2.13. The van der Waals surface area contributed by atoms with Crippen LogP contribution in [0.4, 0.5) is 11.5 Å². The molecule has 82 valence electrons. The van der Waals surface area contributed by atoms with E-state index in [1.54, 1.807) is 19.1 Å². The summed E-state index contributed by atoms with van der Waals surface area (Å²) >= 11 is 0. The fourth-order valence-electron chi connectivity index (χ4n) is 1.19. The standard InChI is InChI=1S/C10H10N4O2/c1-6-9(16-5-13-6)10(15)14-7-2-3-8(11)12-4-7/h2-5H,1H3,(H2,11,12)(H,14,15). The van der Waals surface area contributed by atoms with Crippen molar-refractivity contribution in [1.82, 2.24) is 9.97 Å². The van der Waals surface area contributed by atoms with Crippen molar-refractivity contribution in [3.8, 4) is 0 Å². The highest BCUT2D eigenvalue weighted by molar-refractivity contribution is 6.02. The van der Waals surface area contributed by atoms with Gasteiger partial charge in [-0.1, -0.05) is 0 Å². The predicted molar refractivity (Wildman–Crippen MR) is 57.8 cm³/mol. The van der Waals surface area contributed by atoms with Gasteiger partial charge < -0.3 is 15.5 Å². The van der Waals surface area contributed by atoms with Gasteiger partial charge in [0.15, 0.2) is 6.39 Å². The Morgan fingerprint density at radius 2 is 2.25 bits per heavy atom. The minimum Gasteiger partial charge on any atom is -0.438 e. The van der Waals surface area contributed by atoms with Crippen molar-refractivity contribution in [3.05, 3.63) is 36.2 Å². The number of anilines is 2. The van der Waals surface area contributed by atoms with Crippen molar-refractivity contribution >= 4 is 17.4 Å². The first-order valence-electron chi connectivity index (χ1n) is 4.60. The van der Waals surface area contributed by atoms with Gasteiger partial charge in [0.1, 0.15) is 5.82 Å². The topological polar surface area (TPSA) is 94.0 Å². The van der Waals surface area contributed by atoms with E-state index in [0.29, 0.717) is 17.2 Å². The zero-order valence-corrected chi connectivity index (χ0v) is 8.60. The number of hydrogen-bond donors (Lipinski definition) is 2. The van der Waals surface area contributed by atoms with Gasteiger partial charge in [0.25, 0.3) is 5.91 Å². The maximum absolute atomic E-state index is 11.7. The van der Waals surface area contributed by atoms with E-state index in [0.717, 1.165) is 0 Å². The third kappa shape index (κ3) is 2.00. The van der Waals surface area contributed by atoms with Crippen LogP contribution in [0.5, 0.6) is 0 Å². The Kier molecular flexibility index (Phi) is 2.55. The molecule has 0 radical (unpaired) electrons. The lowest BCUT2D eigenvalue weighted by Crippen LogP contribution is -2.12. The number of oxazole rings is 1. The molecule has 6 nitrogen and oxygen atoms in total. The van der Waals surface area contributed by atoms with E-state index < -0.39 is 0 Å². The van der Waals surface area contributed by atoms with E-state index in [2.05, 4.69) is 15.3 Å². The Hall–Kier alpha value is -2.37. The van der Waals surface area contributed by atoms with Crippen LogP contribution in [0.15, 0.2) is 29.1 Å². The van der Waals surface area contributed by atoms with Gasteiger partial charge in [0.05, 0.1) is 17.6 Å². The number of carbonyl (C=O) groups is 1. The van der Waals surface area contributed by atoms with Gasteiger partial charge >= 0.3 is 0 Å². The van der Waals surface area contributed by atoms with Crippen LogP contribution in [0.25, 0.3) is 0 Å². The van der Waals surface area contributed by atoms with Crippen molar-refractivity contribution in [3.63, 3.8) is 0 Å². The van der Waals surface area contributed by atoms with Crippen LogP contribution in [-0.2, 0) is 0 Å². The maximum atomic E-state index is 11.7. The molecule has 0 saturated heterocycles. The lowest BCUT2D eigenvalue weighted by molar-refractivity contribution is 0.0996. The predicted octanol–water partition coefficient (Wildman–Crippen LogP) is 1.21. The number of aryl methyl sites for hydroxylation is 1. The van der Waals surface area contributed by atoms with E-state index >= 15 is 0 Å². The van der Waals surface area contributed by atoms with E-state index in [1.807, 2.05) is 0 Å². The number of rotatable bonds is 2. The van der Waals surface area contributed by atoms with Crippen LogP contribution in [-0.4, -0.2) is 15.9 Å². The molecular weight excluding hydrogens is 208 g/mol. The highest BCUT2D eigenvalue weighted by Crippen LogP contribution is 2.11. The monoisotopic (exact) mass is 218 g/mol. The molecule has 3 N–H and O–H groups in total. The lowest BCUT2D eigenvalue weighted by atomic mass is 10.3. The first-order valence-corrected chi connectivity index (χ1v) is 4.60. The Balaban J connectivity index is 2.14. The maximum Gasteiger partial charge on any atom is 0.293 e. The lowest BCUT2D eigenvalue weighted by Gasteiger charge is -2.02. The summed E-state index contributed by atoms with van der Waals surface area (Å²) in [7, 11) is 0. The van der Waals surface area contributed by atoms with Gasteiger partial charge in [0, 0.05) is 0 Å². The number of aromatic nitrogens is 2. The molecule has 2 heterocycles. The minimum absolute atomic E-state index is 0.192. The Labute approximate surface area is 91.5 Å². The molecule has 0 atom stereocenters. The van der Waals surface area contributed by atoms with Gasteiger partial charge in [-0.05, 0) is 19.1 Å². The Morgan fingerprint density at radius 3 is 2.81 bits per heavy atom. The summed E-state index contributed by atoms with van der Waals surface area (Å²) in [4.78, 5) is 19.4. The number of carbonyl (C=O) groups excluding carboxylic acids is 1. The van der Waals surface area contributed by atoms with Gasteiger partial charge in [0.2, 0.25) is 5.76 Å². The molecule has 0 unspecified atom stereocenters. The van der Waals surface area contributed by atoms with E-state index in [-0.39, 0.29) is 11.7 Å². The summed E-state index contributed by atoms with van der Waals surface area (Å²) < 4.78 is 4.95. The van der Waals surface area contributed by atoms with Crippen LogP contribution < -0.4 is 11.1 Å². The summed E-state index contributed by atoms with van der Waals surface area (Å²) in [6.07, 6.45) is 2.70. The molecule has 0 aliphatic carbocycles. The number of nitrogens with one attached hydrogen (secondary N) is 1. The van der Waals surface area contributed by atoms with Crippen molar-refractivity contribution < 1.29 is 9.21 Å². The first kappa shape index (κ1) is 10.2. The number of hydrogen-bond acceptors (Lipinski definition) is 5. The van der Waals surface area contributed by atoms with Crippen LogP contribution in [0.3, 0.4) is 0 Å². The van der Waals surface area contributed by atoms with Gasteiger partial charge in [-0.25, -0.2) is 9.97 Å². The molecule has 0 aliphatic rings. The number of nitrogens with zero attached hydrogens (tertiary/aromatic N) is 2. The molecule has 2 aromatic rings. The Morgan fingerprint density at radius 1 is 1.44 bits per heavy atom. The van der Waals surface area contributed by atoms with Crippen LogP contribution in [0.2, 0.25) is 0 Å². The molecule has 2 rings (SSSR count). The third-order valence-electron chi connectivity index (χ3n) is 2.00. The number of nitrogens with two attached hydrogens (primary N) is 1. The highest BCUT2D eigenvalue weighted by atomic mass is 16.3. The number of pyridine rings is 1. The molecule has 16 heavy (non-hydrogen) atoms. The van der Waals surface area contributed by atoms with Crippen molar-refractivity contribution in [2.45, 2.75) is 6.92 Å². The van der Waals surface area contributed by atoms with Crippen LogP contribution in [0, 0.1) is 6.92 Å². The molecule has 0 bridgehead atoms. The van der Waals surface area contributed by atoms with Crippen molar-refractivity contribution in [2.75, 3.05) is 11.1 Å². The molecule has 0 aromatic carbocycles. The molecule has 0 fully saturated rings. The molecule has 0 saturated carbocycles. The van der Waals surface area contributed by atoms with Crippen molar-refractivity contribution in [2.24, 2.45) is 0 Å². The van der Waals surface area contributed by atoms with E-state index in [4.69, 9.17) is 10.2 Å². The molecule has 0 aliphatic heterocycles. The van der Waals surface area contributed by atoms with Crippen LogP contribution >= 0.6 is 0 Å². The minimum atomic E-state index is -0.360. The fraction of sp³-hybridized carbons (Fsp3) is 0.100. The van der Waals surface area contributed by atoms with Gasteiger partial charge in [-0.3, -0.25) is 4.79 Å². The summed E-state index contributed by atoms with van der Waals surface area (Å²) in [6.45, 7) is 1.69.